The van der Waals surface area contributed by atoms with Crippen LogP contribution in [0.2, 0.25) is 0 Å². The van der Waals surface area contributed by atoms with Gasteiger partial charge in [0, 0.05) is 11.5 Å². The van der Waals surface area contributed by atoms with E-state index in [1.54, 1.807) is 16.7 Å². The highest BCUT2D eigenvalue weighted by Crippen LogP contribution is 2.44. The summed E-state index contributed by atoms with van der Waals surface area (Å²) in [7, 11) is 0. The maximum Gasteiger partial charge on any atom is 0.0245 e. The van der Waals surface area contributed by atoms with Gasteiger partial charge < -0.3 is 0 Å². The Morgan fingerprint density at radius 3 is 2.09 bits per heavy atom. The molecule has 0 heterocycles. The zero-order chi connectivity index (χ0) is 24.6. The Balaban J connectivity index is 0. The third-order valence-electron chi connectivity index (χ3n) is 6.44. The summed E-state index contributed by atoms with van der Waals surface area (Å²) in [4.78, 5) is 0. The summed E-state index contributed by atoms with van der Waals surface area (Å²) in [6, 6.07) is 17.1. The van der Waals surface area contributed by atoms with Crippen LogP contribution in [0.4, 0.5) is 0 Å². The van der Waals surface area contributed by atoms with Crippen LogP contribution in [0.15, 0.2) is 67.3 Å². The first-order valence-corrected chi connectivity index (χ1v) is 13.0. The van der Waals surface area contributed by atoms with Gasteiger partial charge in [-0.05, 0) is 71.9 Å². The van der Waals surface area contributed by atoms with E-state index in [0.29, 0.717) is 5.92 Å². The topological polar surface area (TPSA) is 0 Å². The van der Waals surface area contributed by atoms with Crippen LogP contribution in [-0.4, -0.2) is 0 Å². The maximum absolute atomic E-state index is 5.22. The van der Waals surface area contributed by atoms with Crippen LogP contribution in [0.5, 0.6) is 0 Å². The summed E-state index contributed by atoms with van der Waals surface area (Å²) in [6.07, 6.45) is 17.4. The molecule has 0 N–H and O–H groups in total. The average molecular weight is 475 g/mol. The second-order valence-corrected chi connectivity index (χ2v) is 8.85. The van der Waals surface area contributed by atoms with Crippen molar-refractivity contribution in [2.75, 3.05) is 0 Å². The predicted octanol–water partition coefficient (Wildman–Crippen LogP) is 11.1. The molecule has 0 bridgehead atoms. The lowest BCUT2D eigenvalue weighted by Crippen LogP contribution is -2.13. The van der Waals surface area contributed by atoms with Crippen LogP contribution in [-0.2, 0) is 6.42 Å². The van der Waals surface area contributed by atoms with Crippen molar-refractivity contribution in [2.24, 2.45) is 11.8 Å². The van der Waals surface area contributed by atoms with Crippen molar-refractivity contribution in [3.8, 4) is 12.3 Å². The highest BCUT2D eigenvalue weighted by atomic mass is 14.3. The Hall–Kier alpha value is -2.52. The Morgan fingerprint density at radius 2 is 1.54 bits per heavy atom. The van der Waals surface area contributed by atoms with Gasteiger partial charge in [0.1, 0.15) is 0 Å². The summed E-state index contributed by atoms with van der Waals surface area (Å²) in [5.41, 5.74) is 7.01. The number of fused-ring (bicyclic) bond motifs is 1. The van der Waals surface area contributed by atoms with E-state index in [1.165, 1.54) is 31.2 Å². The second-order valence-electron chi connectivity index (χ2n) is 8.85. The summed E-state index contributed by atoms with van der Waals surface area (Å²) in [5.74, 6) is 5.00. The lowest BCUT2D eigenvalue weighted by molar-refractivity contribution is 0.337. The molecule has 2 aromatic carbocycles. The first kappa shape index (κ1) is 34.6. The van der Waals surface area contributed by atoms with E-state index in [0.717, 1.165) is 30.2 Å². The van der Waals surface area contributed by atoms with Crippen LogP contribution >= 0.6 is 0 Å². The van der Waals surface area contributed by atoms with Crippen molar-refractivity contribution < 1.29 is 0 Å². The third kappa shape index (κ3) is 11.2. The molecular weight excluding hydrogens is 420 g/mol. The zero-order valence-corrected chi connectivity index (χ0v) is 22.0. The van der Waals surface area contributed by atoms with Gasteiger partial charge in [-0.1, -0.05) is 124 Å². The van der Waals surface area contributed by atoms with Gasteiger partial charge in [-0.15, -0.1) is 13.0 Å². The van der Waals surface area contributed by atoms with Gasteiger partial charge >= 0.3 is 0 Å². The van der Waals surface area contributed by atoms with E-state index in [1.807, 2.05) is 38.1 Å². The van der Waals surface area contributed by atoms with E-state index in [2.05, 4.69) is 76.6 Å². The van der Waals surface area contributed by atoms with Crippen molar-refractivity contribution in [3.63, 3.8) is 0 Å². The largest absolute Gasteiger partial charge is 0.115 e. The number of rotatable bonds is 3. The molecule has 0 heteroatoms. The summed E-state index contributed by atoms with van der Waals surface area (Å²) < 4.78 is 0. The van der Waals surface area contributed by atoms with Gasteiger partial charge in [0.05, 0.1) is 0 Å². The van der Waals surface area contributed by atoms with E-state index < -0.39 is 0 Å². The van der Waals surface area contributed by atoms with Crippen LogP contribution in [0, 0.1) is 24.2 Å². The van der Waals surface area contributed by atoms with Crippen molar-refractivity contribution in [2.45, 2.75) is 101 Å². The molecule has 1 fully saturated rings. The number of hydrogen-bond donors (Lipinski definition) is 0. The molecule has 2 aromatic rings. The first-order chi connectivity index (χ1) is 16.0. The molecule has 194 valence electrons. The van der Waals surface area contributed by atoms with Gasteiger partial charge in [-0.2, -0.15) is 0 Å². The highest BCUT2D eigenvalue weighted by molar-refractivity contribution is 5.76. The molecule has 4 rings (SSSR count). The Bertz CT molecular complexity index is 884. The normalized spacial score (nSPS) is 19.0. The van der Waals surface area contributed by atoms with Gasteiger partial charge in [-0.3, -0.25) is 0 Å². The zero-order valence-electron chi connectivity index (χ0n) is 22.0. The summed E-state index contributed by atoms with van der Waals surface area (Å²) >= 11 is 0. The SMILES string of the molecule is C.C.C#Cc1cccc(CC)c1.C=CCC.CC.CC1CCC(C2=CC(C)c3ccccc32)CC1. The lowest BCUT2D eigenvalue weighted by Gasteiger charge is -2.27. The molecular formula is C35H54. The number of terminal acetylenes is 1. The minimum Gasteiger partial charge on any atom is -0.115 e. The standard InChI is InChI=1S/C17H22.C10H10.C4H8.C2H6.2CH4/c1-12-7-9-14(10-8-12)17-11-13(2)15-5-3-4-6-16(15)17;1-3-9-6-5-7-10(4-2)8-9;1-3-4-2;1-2;;/h3-6,11-14H,7-10H2,1-2H3;1,5-8H,4H2,2H3;3H,1,4H2,2H3;1-2H3;2*1H4. The van der Waals surface area contributed by atoms with Crippen molar-refractivity contribution in [3.05, 3.63) is 89.5 Å². The first-order valence-electron chi connectivity index (χ1n) is 13.0. The van der Waals surface area contributed by atoms with Crippen LogP contribution < -0.4 is 0 Å². The molecule has 0 saturated heterocycles. The molecule has 0 aromatic heterocycles. The fraction of sp³-hybridized carbons (Fsp3) is 0.486. The molecule has 1 atom stereocenters. The molecule has 1 unspecified atom stereocenters. The molecule has 2 aliphatic rings. The van der Waals surface area contributed by atoms with Gasteiger partial charge in [0.2, 0.25) is 0 Å². The summed E-state index contributed by atoms with van der Waals surface area (Å²) in [5, 5.41) is 0. The molecule has 0 spiro atoms. The fourth-order valence-corrected chi connectivity index (χ4v) is 4.41. The van der Waals surface area contributed by atoms with E-state index in [9.17, 15) is 0 Å². The van der Waals surface area contributed by atoms with E-state index in [-0.39, 0.29) is 14.9 Å². The second kappa shape index (κ2) is 19.8. The van der Waals surface area contributed by atoms with Crippen LogP contribution in [0.1, 0.15) is 117 Å². The molecule has 35 heavy (non-hydrogen) atoms. The van der Waals surface area contributed by atoms with E-state index >= 15 is 0 Å². The number of hydrogen-bond acceptors (Lipinski definition) is 0. The number of benzene rings is 2. The monoisotopic (exact) mass is 474 g/mol. The smallest absolute Gasteiger partial charge is 0.0245 e. The molecule has 0 aliphatic heterocycles. The fourth-order valence-electron chi connectivity index (χ4n) is 4.41. The Kier molecular flexibility index (Phi) is 19.6. The van der Waals surface area contributed by atoms with E-state index in [4.69, 9.17) is 6.42 Å². The number of allylic oxidation sites excluding steroid dienone is 3. The van der Waals surface area contributed by atoms with Crippen molar-refractivity contribution >= 4 is 5.57 Å². The van der Waals surface area contributed by atoms with Gasteiger partial charge in [-0.25, -0.2) is 0 Å². The minimum absolute atomic E-state index is 0. The van der Waals surface area contributed by atoms with Crippen molar-refractivity contribution in [1.29, 1.82) is 0 Å². The predicted molar refractivity (Wildman–Crippen MR) is 163 cm³/mol. The Morgan fingerprint density at radius 1 is 0.943 bits per heavy atom. The molecule has 2 aliphatic carbocycles. The van der Waals surface area contributed by atoms with Crippen LogP contribution in [0.3, 0.4) is 0 Å². The van der Waals surface area contributed by atoms with Crippen LogP contribution in [0.25, 0.3) is 5.57 Å². The molecule has 0 radical (unpaired) electrons. The molecule has 1 saturated carbocycles. The third-order valence-corrected chi connectivity index (χ3v) is 6.44. The summed E-state index contributed by atoms with van der Waals surface area (Å²) in [6.45, 7) is 16.4. The minimum atomic E-state index is 0. The van der Waals surface area contributed by atoms with Gasteiger partial charge in [0.15, 0.2) is 0 Å². The molecule has 0 amide bonds. The average Bonchev–Trinajstić information content (AvgIpc) is 3.22. The maximum atomic E-state index is 5.22. The number of aryl methyl sites for hydroxylation is 1. The van der Waals surface area contributed by atoms with Crippen molar-refractivity contribution in [1.82, 2.24) is 0 Å². The van der Waals surface area contributed by atoms with Gasteiger partial charge in [0.25, 0.3) is 0 Å². The quantitative estimate of drug-likeness (QED) is 0.306. The lowest BCUT2D eigenvalue weighted by atomic mass is 9.78. The highest BCUT2D eigenvalue weighted by Gasteiger charge is 2.28. The molecule has 0 nitrogen and oxygen atoms in total. The Labute approximate surface area is 220 Å².